The van der Waals surface area contributed by atoms with Gasteiger partial charge >= 0.3 is 0 Å². The minimum atomic E-state index is -0.137. The van der Waals surface area contributed by atoms with Gasteiger partial charge in [0.05, 0.1) is 5.52 Å². The van der Waals surface area contributed by atoms with Crippen molar-refractivity contribution in [2.75, 3.05) is 0 Å². The number of hydrogen-bond donors (Lipinski definition) is 2. The zero-order valence-electron chi connectivity index (χ0n) is 8.74. The van der Waals surface area contributed by atoms with E-state index in [0.29, 0.717) is 5.69 Å². The van der Waals surface area contributed by atoms with Crippen LogP contribution >= 0.6 is 0 Å². The lowest BCUT2D eigenvalue weighted by atomic mass is 10.2. The van der Waals surface area contributed by atoms with Gasteiger partial charge in [-0.25, -0.2) is 0 Å². The van der Waals surface area contributed by atoms with Crippen LogP contribution in [0.1, 0.15) is 24.3 Å². The van der Waals surface area contributed by atoms with Gasteiger partial charge in [-0.05, 0) is 19.9 Å². The summed E-state index contributed by atoms with van der Waals surface area (Å²) in [5.41, 5.74) is 1.34. The second-order valence-electron chi connectivity index (χ2n) is 3.75. The summed E-state index contributed by atoms with van der Waals surface area (Å²) < 4.78 is 0. The summed E-state index contributed by atoms with van der Waals surface area (Å²) in [6.07, 6.45) is 0. The number of benzene rings is 1. The first-order chi connectivity index (χ1) is 7.18. The minimum Gasteiger partial charge on any atom is -0.348 e. The average Bonchev–Trinajstić information content (AvgIpc) is 2.59. The molecular weight excluding hydrogens is 190 g/mol. The van der Waals surface area contributed by atoms with Crippen LogP contribution in [0.2, 0.25) is 0 Å². The number of nitrogens with one attached hydrogen (secondary N) is 2. The van der Waals surface area contributed by atoms with Gasteiger partial charge in [-0.3, -0.25) is 9.89 Å². The standard InChI is InChI=1S/C11H13N3O/c1-7(2)12-11(15)10-8-5-3-4-6-9(8)13-14-10/h3-7H,1-2H3,(H,12,15)(H,13,14). The summed E-state index contributed by atoms with van der Waals surface area (Å²) >= 11 is 0. The number of aromatic amines is 1. The Kier molecular flexibility index (Phi) is 2.41. The Labute approximate surface area is 87.7 Å². The molecule has 0 radical (unpaired) electrons. The molecule has 2 N–H and O–H groups in total. The van der Waals surface area contributed by atoms with Crippen molar-refractivity contribution in [3.63, 3.8) is 0 Å². The monoisotopic (exact) mass is 203 g/mol. The highest BCUT2D eigenvalue weighted by atomic mass is 16.2. The van der Waals surface area contributed by atoms with E-state index in [1.165, 1.54) is 0 Å². The van der Waals surface area contributed by atoms with Gasteiger partial charge in [0.15, 0.2) is 5.69 Å². The summed E-state index contributed by atoms with van der Waals surface area (Å²) in [6.45, 7) is 3.85. The molecule has 0 saturated carbocycles. The number of aromatic nitrogens is 2. The van der Waals surface area contributed by atoms with Crippen molar-refractivity contribution < 1.29 is 4.79 Å². The molecule has 0 bridgehead atoms. The predicted molar refractivity (Wildman–Crippen MR) is 58.7 cm³/mol. The summed E-state index contributed by atoms with van der Waals surface area (Å²) in [4.78, 5) is 11.7. The molecule has 4 heteroatoms. The third-order valence-electron chi connectivity index (χ3n) is 2.11. The SMILES string of the molecule is CC(C)NC(=O)c1n[nH]c2ccccc12. The van der Waals surface area contributed by atoms with E-state index in [1.54, 1.807) is 0 Å². The van der Waals surface area contributed by atoms with Crippen molar-refractivity contribution in [2.45, 2.75) is 19.9 Å². The molecule has 0 unspecified atom stereocenters. The number of amides is 1. The molecule has 0 saturated heterocycles. The topological polar surface area (TPSA) is 57.8 Å². The first kappa shape index (κ1) is 9.71. The number of rotatable bonds is 2. The molecule has 0 fully saturated rings. The van der Waals surface area contributed by atoms with Crippen LogP contribution in [0.3, 0.4) is 0 Å². The number of fused-ring (bicyclic) bond motifs is 1. The van der Waals surface area contributed by atoms with E-state index in [4.69, 9.17) is 0 Å². The lowest BCUT2D eigenvalue weighted by Crippen LogP contribution is -2.30. The predicted octanol–water partition coefficient (Wildman–Crippen LogP) is 1.70. The molecule has 2 rings (SSSR count). The molecular formula is C11H13N3O. The first-order valence-electron chi connectivity index (χ1n) is 4.92. The number of H-pyrrole nitrogens is 1. The quantitative estimate of drug-likeness (QED) is 0.780. The van der Waals surface area contributed by atoms with Crippen LogP contribution in [-0.4, -0.2) is 22.1 Å². The molecule has 0 atom stereocenters. The maximum Gasteiger partial charge on any atom is 0.272 e. The molecule has 15 heavy (non-hydrogen) atoms. The summed E-state index contributed by atoms with van der Waals surface area (Å²) in [7, 11) is 0. The van der Waals surface area contributed by atoms with E-state index in [-0.39, 0.29) is 11.9 Å². The molecule has 1 amide bonds. The second kappa shape index (κ2) is 3.73. The van der Waals surface area contributed by atoms with Crippen LogP contribution in [0.4, 0.5) is 0 Å². The Morgan fingerprint density at radius 3 is 2.87 bits per heavy atom. The minimum absolute atomic E-state index is 0.118. The zero-order chi connectivity index (χ0) is 10.8. The Morgan fingerprint density at radius 1 is 1.40 bits per heavy atom. The van der Waals surface area contributed by atoms with Gasteiger partial charge in [-0.15, -0.1) is 0 Å². The number of hydrogen-bond acceptors (Lipinski definition) is 2. The van der Waals surface area contributed by atoms with Gasteiger partial charge in [0.25, 0.3) is 5.91 Å². The molecule has 2 aromatic rings. The molecule has 1 aromatic heterocycles. The third-order valence-corrected chi connectivity index (χ3v) is 2.11. The molecule has 0 spiro atoms. The second-order valence-corrected chi connectivity index (χ2v) is 3.75. The largest absolute Gasteiger partial charge is 0.348 e. The van der Waals surface area contributed by atoms with Crippen molar-refractivity contribution >= 4 is 16.8 Å². The molecule has 0 aliphatic carbocycles. The Morgan fingerprint density at radius 2 is 2.13 bits per heavy atom. The molecule has 1 heterocycles. The van der Waals surface area contributed by atoms with Crippen molar-refractivity contribution in [3.8, 4) is 0 Å². The number of nitrogens with zero attached hydrogens (tertiary/aromatic N) is 1. The van der Waals surface area contributed by atoms with Crippen molar-refractivity contribution in [2.24, 2.45) is 0 Å². The Balaban J connectivity index is 2.40. The van der Waals surface area contributed by atoms with Crippen molar-refractivity contribution in [3.05, 3.63) is 30.0 Å². The highest BCUT2D eigenvalue weighted by Gasteiger charge is 2.13. The highest BCUT2D eigenvalue weighted by molar-refractivity contribution is 6.04. The van der Waals surface area contributed by atoms with Gasteiger partial charge in [0.2, 0.25) is 0 Å². The first-order valence-corrected chi connectivity index (χ1v) is 4.92. The smallest absolute Gasteiger partial charge is 0.272 e. The fourth-order valence-electron chi connectivity index (χ4n) is 1.47. The van der Waals surface area contributed by atoms with Crippen LogP contribution in [-0.2, 0) is 0 Å². The van der Waals surface area contributed by atoms with Crippen LogP contribution in [0.5, 0.6) is 0 Å². The lowest BCUT2D eigenvalue weighted by molar-refractivity contribution is 0.0939. The Hall–Kier alpha value is -1.84. The van der Waals surface area contributed by atoms with E-state index in [2.05, 4.69) is 15.5 Å². The van der Waals surface area contributed by atoms with Gasteiger partial charge in [-0.1, -0.05) is 18.2 Å². The zero-order valence-corrected chi connectivity index (χ0v) is 8.74. The van der Waals surface area contributed by atoms with Crippen LogP contribution in [0.15, 0.2) is 24.3 Å². The van der Waals surface area contributed by atoms with Gasteiger partial charge in [0, 0.05) is 11.4 Å². The van der Waals surface area contributed by atoms with Crippen molar-refractivity contribution in [1.82, 2.24) is 15.5 Å². The van der Waals surface area contributed by atoms with E-state index in [0.717, 1.165) is 10.9 Å². The summed E-state index contributed by atoms with van der Waals surface area (Å²) in [6, 6.07) is 7.70. The maximum atomic E-state index is 11.7. The molecule has 0 aliphatic heterocycles. The van der Waals surface area contributed by atoms with Gasteiger partial charge < -0.3 is 5.32 Å². The molecule has 1 aromatic carbocycles. The van der Waals surface area contributed by atoms with E-state index in [9.17, 15) is 4.79 Å². The molecule has 0 aliphatic rings. The van der Waals surface area contributed by atoms with Crippen molar-refractivity contribution in [1.29, 1.82) is 0 Å². The van der Waals surface area contributed by atoms with E-state index >= 15 is 0 Å². The third kappa shape index (κ3) is 1.83. The highest BCUT2D eigenvalue weighted by Crippen LogP contribution is 2.14. The van der Waals surface area contributed by atoms with Crippen LogP contribution < -0.4 is 5.32 Å². The summed E-state index contributed by atoms with van der Waals surface area (Å²) in [5, 5.41) is 10.5. The summed E-state index contributed by atoms with van der Waals surface area (Å²) in [5.74, 6) is -0.137. The number of para-hydroxylation sites is 1. The van der Waals surface area contributed by atoms with E-state index in [1.807, 2.05) is 38.1 Å². The molecule has 4 nitrogen and oxygen atoms in total. The number of carbonyl (C=O) groups is 1. The van der Waals surface area contributed by atoms with Gasteiger partial charge in [0.1, 0.15) is 0 Å². The average molecular weight is 203 g/mol. The maximum absolute atomic E-state index is 11.7. The fraction of sp³-hybridized carbons (Fsp3) is 0.273. The van der Waals surface area contributed by atoms with Crippen LogP contribution in [0.25, 0.3) is 10.9 Å². The molecule has 78 valence electrons. The Bertz CT molecular complexity index is 487. The van der Waals surface area contributed by atoms with E-state index < -0.39 is 0 Å². The number of carbonyl (C=O) groups excluding carboxylic acids is 1. The van der Waals surface area contributed by atoms with Gasteiger partial charge in [-0.2, -0.15) is 5.10 Å². The lowest BCUT2D eigenvalue weighted by Gasteiger charge is -2.05. The van der Waals surface area contributed by atoms with Crippen LogP contribution in [0, 0.1) is 0 Å². The fourth-order valence-corrected chi connectivity index (χ4v) is 1.47. The normalized spacial score (nSPS) is 10.9.